The zero-order valence-corrected chi connectivity index (χ0v) is 14.9. The second-order valence-electron chi connectivity index (χ2n) is 6.77. The van der Waals surface area contributed by atoms with Gasteiger partial charge in [0.25, 0.3) is 5.91 Å². The molecule has 0 atom stereocenters. The van der Waals surface area contributed by atoms with E-state index in [-0.39, 0.29) is 17.8 Å². The Labute approximate surface area is 159 Å². The lowest BCUT2D eigenvalue weighted by Gasteiger charge is -2.29. The highest BCUT2D eigenvalue weighted by atomic mass is 19.1. The molecule has 7 nitrogen and oxygen atoms in total. The van der Waals surface area contributed by atoms with Gasteiger partial charge in [0, 0.05) is 30.1 Å². The summed E-state index contributed by atoms with van der Waals surface area (Å²) in [5.74, 6) is -2.39. The molecule has 28 heavy (non-hydrogen) atoms. The van der Waals surface area contributed by atoms with Gasteiger partial charge in [-0.2, -0.15) is 5.10 Å². The molecule has 0 aliphatic heterocycles. The number of carbonyl (C=O) groups excluding carboxylic acids is 1. The van der Waals surface area contributed by atoms with Crippen LogP contribution < -0.4 is 5.32 Å². The molecule has 0 radical (unpaired) electrons. The number of halogens is 2. The van der Waals surface area contributed by atoms with Gasteiger partial charge in [0.15, 0.2) is 11.5 Å². The smallest absolute Gasteiger partial charge is 0.273 e. The number of aromatic nitrogens is 5. The van der Waals surface area contributed by atoms with Gasteiger partial charge in [-0.3, -0.25) is 9.48 Å². The molecule has 144 valence electrons. The van der Waals surface area contributed by atoms with Crippen LogP contribution in [0.3, 0.4) is 0 Å². The molecule has 1 fully saturated rings. The van der Waals surface area contributed by atoms with Crippen molar-refractivity contribution >= 4 is 5.91 Å². The summed E-state index contributed by atoms with van der Waals surface area (Å²) in [6.07, 6.45) is 10.9. The number of hydrogen-bond acceptors (Lipinski definition) is 5. The van der Waals surface area contributed by atoms with E-state index in [0.29, 0.717) is 6.07 Å². The molecule has 1 aliphatic rings. The van der Waals surface area contributed by atoms with Crippen LogP contribution in [-0.4, -0.2) is 36.7 Å². The van der Waals surface area contributed by atoms with Gasteiger partial charge in [-0.1, -0.05) is 0 Å². The fourth-order valence-electron chi connectivity index (χ4n) is 3.45. The predicted octanol–water partition coefficient (Wildman–Crippen LogP) is 2.93. The van der Waals surface area contributed by atoms with E-state index < -0.39 is 17.5 Å². The van der Waals surface area contributed by atoms with Crippen LogP contribution in [0.25, 0.3) is 11.3 Å². The first-order valence-electron chi connectivity index (χ1n) is 9.02. The molecule has 0 bridgehead atoms. The molecule has 1 N–H and O–H groups in total. The molecule has 3 aromatic heterocycles. The van der Waals surface area contributed by atoms with Crippen molar-refractivity contribution < 1.29 is 13.6 Å². The molecule has 3 heterocycles. The molecule has 4 rings (SSSR count). The van der Waals surface area contributed by atoms with Crippen LogP contribution >= 0.6 is 0 Å². The van der Waals surface area contributed by atoms with Crippen LogP contribution in [0.5, 0.6) is 0 Å². The predicted molar refractivity (Wildman–Crippen MR) is 96.2 cm³/mol. The minimum absolute atomic E-state index is 0.0769. The van der Waals surface area contributed by atoms with Crippen molar-refractivity contribution in [2.24, 2.45) is 0 Å². The molecule has 0 unspecified atom stereocenters. The average Bonchev–Trinajstić information content (AvgIpc) is 3.19. The van der Waals surface area contributed by atoms with Gasteiger partial charge in [0.05, 0.1) is 24.1 Å². The first-order chi connectivity index (χ1) is 13.6. The molecule has 1 aliphatic carbocycles. The topological polar surface area (TPSA) is 85.6 Å². The maximum absolute atomic E-state index is 13.7. The molecule has 0 aromatic carbocycles. The summed E-state index contributed by atoms with van der Waals surface area (Å²) in [6.45, 7) is 0. The standard InChI is InChI=1S/C19H18F2N6O/c20-13-7-16(21)18(23-9-13)19(28)26-14-1-3-15(4-2-14)27-10-12(8-25-27)17-5-6-22-11-24-17/h5-11,14-15H,1-4H2,(H,26,28). The third-order valence-corrected chi connectivity index (χ3v) is 4.91. The number of rotatable bonds is 4. The number of nitrogens with one attached hydrogen (secondary N) is 1. The normalized spacial score (nSPS) is 19.4. The van der Waals surface area contributed by atoms with Crippen LogP contribution in [0.4, 0.5) is 8.78 Å². The fourth-order valence-corrected chi connectivity index (χ4v) is 3.45. The zero-order valence-electron chi connectivity index (χ0n) is 14.9. The number of amides is 1. The summed E-state index contributed by atoms with van der Waals surface area (Å²) in [5.41, 5.74) is 1.36. The van der Waals surface area contributed by atoms with Crippen molar-refractivity contribution in [1.82, 2.24) is 30.0 Å². The largest absolute Gasteiger partial charge is 0.348 e. The molecule has 0 spiro atoms. The van der Waals surface area contributed by atoms with Crippen molar-refractivity contribution in [2.75, 3.05) is 0 Å². The molecular formula is C19H18F2N6O. The number of hydrogen-bond donors (Lipinski definition) is 1. The van der Waals surface area contributed by atoms with E-state index in [1.165, 1.54) is 6.33 Å². The zero-order chi connectivity index (χ0) is 19.5. The van der Waals surface area contributed by atoms with E-state index in [1.54, 1.807) is 12.4 Å². The lowest BCUT2D eigenvalue weighted by Crippen LogP contribution is -2.38. The minimum Gasteiger partial charge on any atom is -0.348 e. The Kier molecular flexibility index (Phi) is 5.05. The first kappa shape index (κ1) is 18.1. The summed E-state index contributed by atoms with van der Waals surface area (Å²) in [7, 11) is 0. The summed E-state index contributed by atoms with van der Waals surface area (Å²) in [5, 5.41) is 7.23. The van der Waals surface area contributed by atoms with Gasteiger partial charge in [-0.25, -0.2) is 23.7 Å². The van der Waals surface area contributed by atoms with E-state index in [9.17, 15) is 13.6 Å². The Bertz CT molecular complexity index is 970. The van der Waals surface area contributed by atoms with Gasteiger partial charge in [0.1, 0.15) is 12.1 Å². The van der Waals surface area contributed by atoms with Crippen LogP contribution in [0.15, 0.2) is 43.2 Å². The summed E-state index contributed by atoms with van der Waals surface area (Å²) >= 11 is 0. The van der Waals surface area contributed by atoms with Crippen LogP contribution in [-0.2, 0) is 0 Å². The lowest BCUT2D eigenvalue weighted by atomic mass is 9.91. The van der Waals surface area contributed by atoms with E-state index in [1.807, 2.05) is 16.9 Å². The first-order valence-corrected chi connectivity index (χ1v) is 9.02. The summed E-state index contributed by atoms with van der Waals surface area (Å²) in [4.78, 5) is 23.9. The van der Waals surface area contributed by atoms with Crippen molar-refractivity contribution in [2.45, 2.75) is 37.8 Å². The summed E-state index contributed by atoms with van der Waals surface area (Å²) in [6, 6.07) is 2.64. The second kappa shape index (κ2) is 7.79. The number of pyridine rings is 1. The molecule has 1 amide bonds. The molecule has 9 heteroatoms. The van der Waals surface area contributed by atoms with Crippen molar-refractivity contribution in [3.63, 3.8) is 0 Å². The fraction of sp³-hybridized carbons (Fsp3) is 0.316. The van der Waals surface area contributed by atoms with Crippen molar-refractivity contribution in [3.8, 4) is 11.3 Å². The number of carbonyl (C=O) groups is 1. The summed E-state index contributed by atoms with van der Waals surface area (Å²) < 4.78 is 28.6. The van der Waals surface area contributed by atoms with Gasteiger partial charge in [0.2, 0.25) is 0 Å². The van der Waals surface area contributed by atoms with E-state index in [2.05, 4.69) is 25.4 Å². The average molecular weight is 384 g/mol. The van der Waals surface area contributed by atoms with Crippen LogP contribution in [0.2, 0.25) is 0 Å². The number of nitrogens with zero attached hydrogens (tertiary/aromatic N) is 5. The van der Waals surface area contributed by atoms with Crippen molar-refractivity contribution in [3.05, 3.63) is 60.6 Å². The Morgan fingerprint density at radius 2 is 1.96 bits per heavy atom. The molecular weight excluding hydrogens is 366 g/mol. The Balaban J connectivity index is 1.35. The SMILES string of the molecule is O=C(NC1CCC(n2cc(-c3ccncn3)cn2)CC1)c1ncc(F)cc1F. The lowest BCUT2D eigenvalue weighted by molar-refractivity contribution is 0.0912. The maximum atomic E-state index is 13.7. The molecule has 1 saturated carbocycles. The van der Waals surface area contributed by atoms with E-state index in [4.69, 9.17) is 0 Å². The van der Waals surface area contributed by atoms with Crippen LogP contribution in [0.1, 0.15) is 42.2 Å². The van der Waals surface area contributed by atoms with E-state index >= 15 is 0 Å². The highest BCUT2D eigenvalue weighted by Gasteiger charge is 2.25. The Hall–Kier alpha value is -3.23. The quantitative estimate of drug-likeness (QED) is 0.748. The second-order valence-corrected chi connectivity index (χ2v) is 6.77. The Morgan fingerprint density at radius 1 is 1.14 bits per heavy atom. The third-order valence-electron chi connectivity index (χ3n) is 4.91. The molecule has 3 aromatic rings. The van der Waals surface area contributed by atoms with Gasteiger partial charge >= 0.3 is 0 Å². The van der Waals surface area contributed by atoms with Crippen molar-refractivity contribution in [1.29, 1.82) is 0 Å². The van der Waals surface area contributed by atoms with Gasteiger partial charge in [-0.05, 0) is 31.7 Å². The Morgan fingerprint density at radius 3 is 2.68 bits per heavy atom. The highest BCUT2D eigenvalue weighted by molar-refractivity contribution is 5.92. The maximum Gasteiger partial charge on any atom is 0.273 e. The van der Waals surface area contributed by atoms with Gasteiger partial charge < -0.3 is 5.32 Å². The highest BCUT2D eigenvalue weighted by Crippen LogP contribution is 2.29. The van der Waals surface area contributed by atoms with E-state index in [0.717, 1.165) is 43.1 Å². The van der Waals surface area contributed by atoms with Gasteiger partial charge in [-0.15, -0.1) is 0 Å². The molecule has 0 saturated heterocycles. The van der Waals surface area contributed by atoms with Crippen LogP contribution in [0, 0.1) is 11.6 Å². The third kappa shape index (κ3) is 3.88. The minimum atomic E-state index is -0.958. The monoisotopic (exact) mass is 384 g/mol.